The lowest BCUT2D eigenvalue weighted by Crippen LogP contribution is -2.25. The van der Waals surface area contributed by atoms with Crippen LogP contribution in [0.5, 0.6) is 5.75 Å². The highest BCUT2D eigenvalue weighted by Crippen LogP contribution is 2.31. The predicted octanol–water partition coefficient (Wildman–Crippen LogP) is 3.58. The Morgan fingerprint density at radius 1 is 1.24 bits per heavy atom. The minimum Gasteiger partial charge on any atom is -0.482 e. The van der Waals surface area contributed by atoms with Crippen molar-refractivity contribution < 1.29 is 14.3 Å². The first-order valence-corrected chi connectivity index (χ1v) is 10.1. The number of aryl methyl sites for hydroxylation is 2. The Morgan fingerprint density at radius 2 is 2.07 bits per heavy atom. The molecule has 148 valence electrons. The fourth-order valence-electron chi connectivity index (χ4n) is 3.23. The summed E-state index contributed by atoms with van der Waals surface area (Å²) < 4.78 is 7.24. The van der Waals surface area contributed by atoms with E-state index in [-0.39, 0.29) is 23.5 Å². The number of benzene rings is 2. The molecular weight excluding hydrogens is 388 g/mol. The molecule has 1 amide bonds. The van der Waals surface area contributed by atoms with Gasteiger partial charge in [0.05, 0.1) is 16.6 Å². The van der Waals surface area contributed by atoms with E-state index in [0.29, 0.717) is 22.2 Å². The summed E-state index contributed by atoms with van der Waals surface area (Å²) in [7, 11) is 0. The number of ketones is 1. The summed E-state index contributed by atoms with van der Waals surface area (Å²) in [4.78, 5) is 24.5. The third-order valence-corrected chi connectivity index (χ3v) is 5.73. The van der Waals surface area contributed by atoms with Crippen molar-refractivity contribution >= 4 is 29.1 Å². The molecule has 0 aliphatic carbocycles. The van der Waals surface area contributed by atoms with Crippen molar-refractivity contribution in [2.75, 3.05) is 11.9 Å². The average molecular weight is 408 g/mol. The molecule has 8 heteroatoms. The Balaban J connectivity index is 1.55. The summed E-state index contributed by atoms with van der Waals surface area (Å²) in [6.45, 7) is 5.91. The van der Waals surface area contributed by atoms with Gasteiger partial charge in [-0.2, -0.15) is 0 Å². The number of anilines is 1. The second-order valence-corrected chi connectivity index (χ2v) is 8.25. The van der Waals surface area contributed by atoms with Gasteiger partial charge in [0.1, 0.15) is 12.1 Å². The summed E-state index contributed by atoms with van der Waals surface area (Å²) in [6, 6.07) is 11.2. The summed E-state index contributed by atoms with van der Waals surface area (Å²) >= 11 is 1.35. The molecule has 7 nitrogen and oxygen atoms in total. The van der Waals surface area contributed by atoms with E-state index >= 15 is 0 Å². The number of hydrogen-bond acceptors (Lipinski definition) is 6. The highest BCUT2D eigenvalue weighted by atomic mass is 32.2. The van der Waals surface area contributed by atoms with Crippen LogP contribution in [0.2, 0.25) is 0 Å². The van der Waals surface area contributed by atoms with Crippen molar-refractivity contribution in [3.05, 3.63) is 59.4 Å². The van der Waals surface area contributed by atoms with Gasteiger partial charge in [0.25, 0.3) is 5.91 Å². The highest BCUT2D eigenvalue weighted by molar-refractivity contribution is 8.00. The number of ether oxygens (including phenoxy) is 1. The first kappa shape index (κ1) is 19.2. The minimum absolute atomic E-state index is 0.0133. The number of Topliss-reactive ketones (excluding diaryl/α,β-unsaturated/α-hetero) is 1. The molecule has 0 unspecified atom stereocenters. The molecule has 0 saturated carbocycles. The summed E-state index contributed by atoms with van der Waals surface area (Å²) in [6.07, 6.45) is 1.66. The van der Waals surface area contributed by atoms with Crippen LogP contribution < -0.4 is 10.1 Å². The predicted molar refractivity (Wildman–Crippen MR) is 111 cm³/mol. The Labute approximate surface area is 172 Å². The van der Waals surface area contributed by atoms with Gasteiger partial charge in [0.15, 0.2) is 17.5 Å². The SMILES string of the molecule is Cc1ccc(-n2cnnc2S[C@@H](C)C(=O)c2ccc3c(c2)NC(=O)CO3)c(C)c1. The molecule has 1 aliphatic rings. The van der Waals surface area contributed by atoms with E-state index in [1.807, 2.05) is 37.5 Å². The number of thioether (sulfide) groups is 1. The number of amides is 1. The van der Waals surface area contributed by atoms with Crippen LogP contribution in [0.1, 0.15) is 28.4 Å². The number of aromatic nitrogens is 3. The fourth-order valence-corrected chi connectivity index (χ4v) is 4.14. The molecule has 0 bridgehead atoms. The van der Waals surface area contributed by atoms with E-state index < -0.39 is 0 Å². The van der Waals surface area contributed by atoms with Crippen LogP contribution in [0.4, 0.5) is 5.69 Å². The van der Waals surface area contributed by atoms with Crippen LogP contribution in [0.25, 0.3) is 5.69 Å². The maximum Gasteiger partial charge on any atom is 0.262 e. The molecule has 3 aromatic rings. The van der Waals surface area contributed by atoms with E-state index in [4.69, 9.17) is 4.74 Å². The first-order valence-electron chi connectivity index (χ1n) is 9.17. The van der Waals surface area contributed by atoms with Gasteiger partial charge in [-0.3, -0.25) is 14.2 Å². The Kier molecular flexibility index (Phi) is 5.10. The number of nitrogens with one attached hydrogen (secondary N) is 1. The Morgan fingerprint density at radius 3 is 2.86 bits per heavy atom. The molecule has 1 atom stereocenters. The lowest BCUT2D eigenvalue weighted by Gasteiger charge is -2.19. The molecule has 29 heavy (non-hydrogen) atoms. The summed E-state index contributed by atoms with van der Waals surface area (Å²) in [5.74, 6) is 0.273. The lowest BCUT2D eigenvalue weighted by molar-refractivity contribution is -0.118. The fraction of sp³-hybridized carbons (Fsp3) is 0.238. The van der Waals surface area contributed by atoms with Gasteiger partial charge in [-0.15, -0.1) is 10.2 Å². The maximum atomic E-state index is 13.0. The Bertz CT molecular complexity index is 1110. The second kappa shape index (κ2) is 7.71. The van der Waals surface area contributed by atoms with Gasteiger partial charge in [-0.05, 0) is 50.6 Å². The van der Waals surface area contributed by atoms with Gasteiger partial charge in [0, 0.05) is 5.56 Å². The summed E-state index contributed by atoms with van der Waals surface area (Å²) in [5.41, 5.74) is 4.29. The van der Waals surface area contributed by atoms with Crippen LogP contribution >= 0.6 is 11.8 Å². The molecule has 2 aromatic carbocycles. The van der Waals surface area contributed by atoms with Crippen LogP contribution in [-0.4, -0.2) is 38.3 Å². The quantitative estimate of drug-likeness (QED) is 0.513. The number of fused-ring (bicyclic) bond motifs is 1. The van der Waals surface area contributed by atoms with Gasteiger partial charge in [0.2, 0.25) is 0 Å². The largest absolute Gasteiger partial charge is 0.482 e. The zero-order chi connectivity index (χ0) is 20.5. The van der Waals surface area contributed by atoms with Crippen molar-refractivity contribution in [1.29, 1.82) is 0 Å². The molecule has 0 spiro atoms. The van der Waals surface area contributed by atoms with Gasteiger partial charge in [-0.1, -0.05) is 29.5 Å². The summed E-state index contributed by atoms with van der Waals surface area (Å²) in [5, 5.41) is 11.2. The van der Waals surface area contributed by atoms with Crippen molar-refractivity contribution in [1.82, 2.24) is 14.8 Å². The molecule has 1 aromatic heterocycles. The van der Waals surface area contributed by atoms with Crippen molar-refractivity contribution in [3.8, 4) is 11.4 Å². The van der Waals surface area contributed by atoms with Gasteiger partial charge >= 0.3 is 0 Å². The normalized spacial score (nSPS) is 14.0. The van der Waals surface area contributed by atoms with Crippen molar-refractivity contribution in [2.24, 2.45) is 0 Å². The van der Waals surface area contributed by atoms with E-state index in [1.165, 1.54) is 17.3 Å². The number of hydrogen-bond donors (Lipinski definition) is 1. The molecule has 1 aliphatic heterocycles. The standard InChI is InChI=1S/C21H20N4O3S/c1-12-4-6-17(13(2)8-12)25-11-22-24-21(25)29-14(3)20(27)15-5-7-18-16(9-15)23-19(26)10-28-18/h4-9,11,14H,10H2,1-3H3,(H,23,26)/t14-/m0/s1. The third kappa shape index (κ3) is 3.88. The van der Waals surface area contributed by atoms with E-state index in [9.17, 15) is 9.59 Å². The second-order valence-electron chi connectivity index (χ2n) is 6.95. The molecule has 4 rings (SSSR count). The first-order chi connectivity index (χ1) is 13.9. The molecule has 0 saturated heterocycles. The smallest absolute Gasteiger partial charge is 0.262 e. The van der Waals surface area contributed by atoms with Gasteiger partial charge in [-0.25, -0.2) is 0 Å². The number of rotatable bonds is 5. The molecule has 1 N–H and O–H groups in total. The molecule has 0 fully saturated rings. The zero-order valence-electron chi connectivity index (χ0n) is 16.3. The zero-order valence-corrected chi connectivity index (χ0v) is 17.1. The monoisotopic (exact) mass is 408 g/mol. The number of carbonyl (C=O) groups excluding carboxylic acids is 2. The lowest BCUT2D eigenvalue weighted by atomic mass is 10.1. The van der Waals surface area contributed by atoms with E-state index in [0.717, 1.165) is 11.3 Å². The number of carbonyl (C=O) groups is 2. The van der Waals surface area contributed by atoms with Crippen molar-refractivity contribution in [2.45, 2.75) is 31.2 Å². The third-order valence-electron chi connectivity index (χ3n) is 4.68. The van der Waals surface area contributed by atoms with Crippen molar-refractivity contribution in [3.63, 3.8) is 0 Å². The van der Waals surface area contributed by atoms with E-state index in [2.05, 4.69) is 21.6 Å². The van der Waals surface area contributed by atoms with Crippen LogP contribution in [0, 0.1) is 13.8 Å². The van der Waals surface area contributed by atoms with E-state index in [1.54, 1.807) is 24.5 Å². The minimum atomic E-state index is -0.387. The highest BCUT2D eigenvalue weighted by Gasteiger charge is 2.23. The van der Waals surface area contributed by atoms with Crippen LogP contribution in [0.3, 0.4) is 0 Å². The topological polar surface area (TPSA) is 86.1 Å². The van der Waals surface area contributed by atoms with Crippen LogP contribution in [0.15, 0.2) is 47.9 Å². The number of nitrogens with zero attached hydrogens (tertiary/aromatic N) is 3. The molecule has 2 heterocycles. The average Bonchev–Trinajstić information content (AvgIpc) is 3.14. The van der Waals surface area contributed by atoms with Crippen LogP contribution in [-0.2, 0) is 4.79 Å². The molecule has 0 radical (unpaired) electrons. The maximum absolute atomic E-state index is 13.0. The van der Waals surface area contributed by atoms with Gasteiger partial charge < -0.3 is 10.1 Å². The Hall–Kier alpha value is -3.13. The molecular formula is C21H20N4O3S.